The van der Waals surface area contributed by atoms with Crippen LogP contribution in [0.15, 0.2) is 0 Å². The van der Waals surface area contributed by atoms with Crippen molar-refractivity contribution in [1.82, 2.24) is 0 Å². The summed E-state index contributed by atoms with van der Waals surface area (Å²) in [5, 5.41) is 0. The van der Waals surface area contributed by atoms with Gasteiger partial charge in [0.05, 0.1) is 12.2 Å². The van der Waals surface area contributed by atoms with Gasteiger partial charge in [-0.15, -0.1) is 0 Å². The Kier molecular flexibility index (Phi) is 4.13. The molecule has 0 aromatic carbocycles. The maximum Gasteiger partial charge on any atom is 0.0696 e. The Balaban J connectivity index is 2.29. The molecule has 0 bridgehead atoms. The predicted octanol–water partition coefficient (Wildman–Crippen LogP) is 3.16. The molecule has 0 aromatic rings. The highest BCUT2D eigenvalue weighted by Gasteiger charge is 2.23. The summed E-state index contributed by atoms with van der Waals surface area (Å²) in [6.07, 6.45) is 6.30. The van der Waals surface area contributed by atoms with Crippen molar-refractivity contribution >= 4 is 22.6 Å². The molecule has 11 heavy (non-hydrogen) atoms. The van der Waals surface area contributed by atoms with E-state index in [1.54, 1.807) is 0 Å². The molecule has 1 aliphatic carbocycles. The molecule has 1 rings (SSSR count). The van der Waals surface area contributed by atoms with Gasteiger partial charge in [0.15, 0.2) is 0 Å². The van der Waals surface area contributed by atoms with Crippen LogP contribution in [0.25, 0.3) is 0 Å². The number of rotatable bonds is 2. The first-order chi connectivity index (χ1) is 5.20. The van der Waals surface area contributed by atoms with Crippen LogP contribution < -0.4 is 0 Å². The highest BCUT2D eigenvalue weighted by Crippen LogP contribution is 2.27. The normalized spacial score (nSPS) is 32.7. The largest absolute Gasteiger partial charge is 0.374 e. The summed E-state index contributed by atoms with van der Waals surface area (Å²) >= 11 is 2.53. The molecule has 0 aromatic heterocycles. The highest BCUT2D eigenvalue weighted by atomic mass is 127. The number of ether oxygens (including phenoxy) is 1. The lowest BCUT2D eigenvalue weighted by molar-refractivity contribution is -0.00498. The van der Waals surface area contributed by atoms with Crippen molar-refractivity contribution in [3.63, 3.8) is 0 Å². The fraction of sp³-hybridized carbons (Fsp3) is 1.00. The number of hydrogen-bond donors (Lipinski definition) is 0. The summed E-state index contributed by atoms with van der Waals surface area (Å²) < 4.78 is 6.55. The lowest BCUT2D eigenvalue weighted by Gasteiger charge is -2.29. The molecule has 1 fully saturated rings. The Hall–Kier alpha value is 0.690. The van der Waals surface area contributed by atoms with Crippen molar-refractivity contribution in [2.45, 2.75) is 55.7 Å². The van der Waals surface area contributed by atoms with Gasteiger partial charge in [-0.1, -0.05) is 35.4 Å². The van der Waals surface area contributed by atoms with Gasteiger partial charge in [0, 0.05) is 3.92 Å². The van der Waals surface area contributed by atoms with Crippen LogP contribution in [0, 0.1) is 0 Å². The van der Waals surface area contributed by atoms with E-state index in [1.807, 2.05) is 0 Å². The summed E-state index contributed by atoms with van der Waals surface area (Å²) in [6.45, 7) is 4.25. The molecular weight excluding hydrogens is 251 g/mol. The molecule has 2 unspecified atom stereocenters. The lowest BCUT2D eigenvalue weighted by Crippen LogP contribution is -2.30. The van der Waals surface area contributed by atoms with E-state index in [2.05, 4.69) is 36.4 Å². The number of halogens is 1. The molecule has 0 radical (unpaired) electrons. The van der Waals surface area contributed by atoms with Gasteiger partial charge in [-0.2, -0.15) is 0 Å². The van der Waals surface area contributed by atoms with Crippen LogP contribution in [-0.4, -0.2) is 16.1 Å². The van der Waals surface area contributed by atoms with Gasteiger partial charge >= 0.3 is 0 Å². The second-order valence-corrected chi connectivity index (χ2v) is 5.12. The van der Waals surface area contributed by atoms with E-state index >= 15 is 0 Å². The van der Waals surface area contributed by atoms with Crippen molar-refractivity contribution in [3.8, 4) is 0 Å². The third kappa shape index (κ3) is 3.28. The summed E-state index contributed by atoms with van der Waals surface area (Å²) in [6, 6.07) is 0. The van der Waals surface area contributed by atoms with Crippen LogP contribution in [0.1, 0.15) is 39.5 Å². The second-order valence-electron chi connectivity index (χ2n) is 3.52. The minimum absolute atomic E-state index is 0.398. The highest BCUT2D eigenvalue weighted by molar-refractivity contribution is 14.1. The van der Waals surface area contributed by atoms with E-state index in [4.69, 9.17) is 4.74 Å². The summed E-state index contributed by atoms with van der Waals surface area (Å²) in [4.78, 5) is 0. The molecule has 0 saturated heterocycles. The zero-order chi connectivity index (χ0) is 8.27. The van der Waals surface area contributed by atoms with Crippen molar-refractivity contribution in [1.29, 1.82) is 0 Å². The molecule has 1 aliphatic rings. The monoisotopic (exact) mass is 268 g/mol. The van der Waals surface area contributed by atoms with E-state index in [0.29, 0.717) is 12.2 Å². The molecule has 0 spiro atoms. The first-order valence-corrected chi connectivity index (χ1v) is 5.74. The Morgan fingerprint density at radius 3 is 2.45 bits per heavy atom. The second kappa shape index (κ2) is 4.65. The summed E-state index contributed by atoms with van der Waals surface area (Å²) in [5.74, 6) is 0. The Labute approximate surface area is 83.0 Å². The molecule has 2 heteroatoms. The number of alkyl halides is 1. The Morgan fingerprint density at radius 1 is 1.27 bits per heavy atom. The van der Waals surface area contributed by atoms with Crippen LogP contribution in [0.2, 0.25) is 0 Å². The van der Waals surface area contributed by atoms with E-state index in [-0.39, 0.29) is 0 Å². The van der Waals surface area contributed by atoms with E-state index in [1.165, 1.54) is 25.7 Å². The third-order valence-corrected chi connectivity index (χ3v) is 3.49. The quantitative estimate of drug-likeness (QED) is 0.552. The Bertz CT molecular complexity index is 114. The zero-order valence-corrected chi connectivity index (χ0v) is 9.50. The average molecular weight is 268 g/mol. The topological polar surface area (TPSA) is 9.23 Å². The third-order valence-electron chi connectivity index (χ3n) is 2.07. The molecule has 1 saturated carbocycles. The predicted molar refractivity (Wildman–Crippen MR) is 56.3 cm³/mol. The molecular formula is C9H17IO. The Morgan fingerprint density at radius 2 is 1.91 bits per heavy atom. The maximum atomic E-state index is 5.80. The fourth-order valence-corrected chi connectivity index (χ4v) is 2.52. The first-order valence-electron chi connectivity index (χ1n) is 4.49. The van der Waals surface area contributed by atoms with Crippen molar-refractivity contribution in [2.75, 3.05) is 0 Å². The van der Waals surface area contributed by atoms with Gasteiger partial charge in [-0.25, -0.2) is 0 Å². The van der Waals surface area contributed by atoms with Crippen LogP contribution in [0.4, 0.5) is 0 Å². The van der Waals surface area contributed by atoms with Gasteiger partial charge < -0.3 is 4.74 Å². The van der Waals surface area contributed by atoms with Crippen LogP contribution >= 0.6 is 22.6 Å². The molecule has 0 heterocycles. The van der Waals surface area contributed by atoms with Gasteiger partial charge in [0.2, 0.25) is 0 Å². The molecule has 66 valence electrons. The van der Waals surface area contributed by atoms with Crippen molar-refractivity contribution < 1.29 is 4.74 Å². The van der Waals surface area contributed by atoms with Gasteiger partial charge in [0.1, 0.15) is 0 Å². The first kappa shape index (κ1) is 9.78. The van der Waals surface area contributed by atoms with Crippen LogP contribution in [-0.2, 0) is 4.74 Å². The molecule has 0 aliphatic heterocycles. The van der Waals surface area contributed by atoms with E-state index < -0.39 is 0 Å². The summed E-state index contributed by atoms with van der Waals surface area (Å²) in [5.41, 5.74) is 0. The van der Waals surface area contributed by atoms with E-state index in [0.717, 1.165) is 3.92 Å². The summed E-state index contributed by atoms with van der Waals surface area (Å²) in [7, 11) is 0. The van der Waals surface area contributed by atoms with Crippen molar-refractivity contribution in [2.24, 2.45) is 0 Å². The average Bonchev–Trinajstić information content (AvgIpc) is 1.93. The van der Waals surface area contributed by atoms with E-state index in [9.17, 15) is 0 Å². The van der Waals surface area contributed by atoms with Gasteiger partial charge in [0.25, 0.3) is 0 Å². The minimum Gasteiger partial charge on any atom is -0.374 e. The smallest absolute Gasteiger partial charge is 0.0696 e. The molecule has 0 N–H and O–H groups in total. The SMILES string of the molecule is CC(C)OC1CCCCC1I. The fourth-order valence-electron chi connectivity index (χ4n) is 1.55. The number of hydrogen-bond acceptors (Lipinski definition) is 1. The molecule has 1 nitrogen and oxygen atoms in total. The van der Waals surface area contributed by atoms with Gasteiger partial charge in [-0.05, 0) is 26.7 Å². The minimum atomic E-state index is 0.398. The van der Waals surface area contributed by atoms with Crippen LogP contribution in [0.3, 0.4) is 0 Å². The van der Waals surface area contributed by atoms with Crippen molar-refractivity contribution in [3.05, 3.63) is 0 Å². The molecule has 0 amide bonds. The lowest BCUT2D eigenvalue weighted by atomic mass is 9.97. The standard InChI is InChI=1S/C9H17IO/c1-7(2)11-9-6-4-3-5-8(9)10/h7-9H,3-6H2,1-2H3. The van der Waals surface area contributed by atoms with Crippen LogP contribution in [0.5, 0.6) is 0 Å². The molecule has 2 atom stereocenters. The maximum absolute atomic E-state index is 5.80. The van der Waals surface area contributed by atoms with Gasteiger partial charge in [-0.3, -0.25) is 0 Å². The zero-order valence-electron chi connectivity index (χ0n) is 7.35.